The standard InChI is InChI=1S/C13H16N2O2/c1-4-9-7-10(5-6-11(9)16-3)12-8(2)15-13(14)17-12/h5-7H,4H2,1-3H3,(H2,14,15). The van der Waals surface area contributed by atoms with Crippen molar-refractivity contribution in [2.45, 2.75) is 20.3 Å². The number of benzene rings is 1. The summed E-state index contributed by atoms with van der Waals surface area (Å²) in [6, 6.07) is 6.13. The Balaban J connectivity index is 2.50. The maximum absolute atomic E-state index is 5.54. The third-order valence-electron chi connectivity index (χ3n) is 2.74. The Hall–Kier alpha value is -1.97. The van der Waals surface area contributed by atoms with E-state index in [0.717, 1.165) is 34.8 Å². The van der Waals surface area contributed by atoms with E-state index in [9.17, 15) is 0 Å². The highest BCUT2D eigenvalue weighted by Gasteiger charge is 2.11. The first-order valence-electron chi connectivity index (χ1n) is 5.56. The van der Waals surface area contributed by atoms with Crippen molar-refractivity contribution in [2.75, 3.05) is 12.8 Å². The average molecular weight is 232 g/mol. The normalized spacial score (nSPS) is 10.5. The molecule has 1 heterocycles. The molecule has 0 saturated heterocycles. The number of aromatic nitrogens is 1. The molecule has 0 amide bonds. The highest BCUT2D eigenvalue weighted by atomic mass is 16.5. The van der Waals surface area contributed by atoms with E-state index in [1.807, 2.05) is 25.1 Å². The van der Waals surface area contributed by atoms with Crippen LogP contribution in [-0.4, -0.2) is 12.1 Å². The SMILES string of the molecule is CCc1cc(-c2oc(N)nc2C)ccc1OC. The summed E-state index contributed by atoms with van der Waals surface area (Å²) in [5.41, 5.74) is 8.46. The number of oxazole rings is 1. The topological polar surface area (TPSA) is 61.3 Å². The predicted molar refractivity (Wildman–Crippen MR) is 67.0 cm³/mol. The van der Waals surface area contributed by atoms with Crippen LogP contribution in [0.3, 0.4) is 0 Å². The molecule has 90 valence electrons. The molecule has 1 aromatic heterocycles. The molecule has 2 N–H and O–H groups in total. The highest BCUT2D eigenvalue weighted by molar-refractivity contribution is 5.63. The molecule has 2 rings (SSSR count). The number of methoxy groups -OCH3 is 1. The lowest BCUT2D eigenvalue weighted by atomic mass is 10.1. The van der Waals surface area contributed by atoms with Crippen molar-refractivity contribution in [2.24, 2.45) is 0 Å². The van der Waals surface area contributed by atoms with Gasteiger partial charge in [-0.15, -0.1) is 0 Å². The summed E-state index contributed by atoms with van der Waals surface area (Å²) in [5, 5.41) is 0. The number of hydrogen-bond donors (Lipinski definition) is 1. The van der Waals surface area contributed by atoms with Crippen molar-refractivity contribution in [3.05, 3.63) is 29.5 Å². The number of ether oxygens (including phenoxy) is 1. The predicted octanol–water partition coefficient (Wildman–Crippen LogP) is 2.80. The minimum Gasteiger partial charge on any atom is -0.496 e. The van der Waals surface area contributed by atoms with Crippen molar-refractivity contribution in [1.82, 2.24) is 4.98 Å². The van der Waals surface area contributed by atoms with Crippen LogP contribution in [0.1, 0.15) is 18.2 Å². The van der Waals surface area contributed by atoms with Crippen molar-refractivity contribution >= 4 is 6.01 Å². The Morgan fingerprint density at radius 1 is 1.41 bits per heavy atom. The number of aryl methyl sites for hydroxylation is 2. The summed E-state index contributed by atoms with van der Waals surface area (Å²) < 4.78 is 10.7. The zero-order chi connectivity index (χ0) is 12.4. The van der Waals surface area contributed by atoms with Gasteiger partial charge in [-0.1, -0.05) is 6.92 Å². The van der Waals surface area contributed by atoms with Crippen LogP contribution in [0.15, 0.2) is 22.6 Å². The quantitative estimate of drug-likeness (QED) is 0.883. The number of rotatable bonds is 3. The third-order valence-corrected chi connectivity index (χ3v) is 2.74. The van der Waals surface area contributed by atoms with Gasteiger partial charge in [-0.25, -0.2) is 0 Å². The number of nitrogen functional groups attached to an aromatic ring is 1. The van der Waals surface area contributed by atoms with Crippen molar-refractivity contribution in [1.29, 1.82) is 0 Å². The lowest BCUT2D eigenvalue weighted by molar-refractivity contribution is 0.410. The summed E-state index contributed by atoms with van der Waals surface area (Å²) in [4.78, 5) is 4.07. The van der Waals surface area contributed by atoms with Crippen LogP contribution in [0, 0.1) is 6.92 Å². The molecular formula is C13H16N2O2. The molecule has 0 spiro atoms. The number of anilines is 1. The fourth-order valence-electron chi connectivity index (χ4n) is 1.88. The Bertz CT molecular complexity index is 532. The van der Waals surface area contributed by atoms with Crippen LogP contribution < -0.4 is 10.5 Å². The Labute approximate surface area is 100 Å². The number of nitrogens with two attached hydrogens (primary N) is 1. The van der Waals surface area contributed by atoms with Gasteiger partial charge < -0.3 is 14.9 Å². The Morgan fingerprint density at radius 3 is 2.71 bits per heavy atom. The maximum Gasteiger partial charge on any atom is 0.292 e. The third kappa shape index (κ3) is 2.11. The molecular weight excluding hydrogens is 216 g/mol. The van der Waals surface area contributed by atoms with Gasteiger partial charge in [-0.2, -0.15) is 4.98 Å². The van der Waals surface area contributed by atoms with E-state index >= 15 is 0 Å². The van der Waals surface area contributed by atoms with Gasteiger partial charge in [0.2, 0.25) is 0 Å². The molecule has 0 radical (unpaired) electrons. The minimum atomic E-state index is 0.200. The second-order valence-corrected chi connectivity index (χ2v) is 3.85. The zero-order valence-electron chi connectivity index (χ0n) is 10.3. The van der Waals surface area contributed by atoms with E-state index in [1.165, 1.54) is 0 Å². The number of hydrogen-bond acceptors (Lipinski definition) is 4. The minimum absolute atomic E-state index is 0.200. The second-order valence-electron chi connectivity index (χ2n) is 3.85. The van der Waals surface area contributed by atoms with E-state index < -0.39 is 0 Å². The van der Waals surface area contributed by atoms with Gasteiger partial charge in [0.25, 0.3) is 6.01 Å². The van der Waals surface area contributed by atoms with Crippen LogP contribution in [0.25, 0.3) is 11.3 Å². The van der Waals surface area contributed by atoms with Gasteiger partial charge in [0.1, 0.15) is 5.75 Å². The van der Waals surface area contributed by atoms with Crippen LogP contribution in [0.4, 0.5) is 6.01 Å². The molecule has 0 fully saturated rings. The van der Waals surface area contributed by atoms with Gasteiger partial charge in [0, 0.05) is 5.56 Å². The summed E-state index contributed by atoms with van der Waals surface area (Å²) in [5.74, 6) is 1.61. The molecule has 0 saturated carbocycles. The lowest BCUT2D eigenvalue weighted by Gasteiger charge is -2.08. The molecule has 0 aliphatic heterocycles. The lowest BCUT2D eigenvalue weighted by Crippen LogP contribution is -1.91. The molecule has 4 heteroatoms. The first kappa shape index (κ1) is 11.5. The Morgan fingerprint density at radius 2 is 2.18 bits per heavy atom. The fourth-order valence-corrected chi connectivity index (χ4v) is 1.88. The molecule has 0 atom stereocenters. The molecule has 4 nitrogen and oxygen atoms in total. The van der Waals surface area contributed by atoms with Gasteiger partial charge in [-0.05, 0) is 37.1 Å². The molecule has 0 unspecified atom stereocenters. The first-order valence-corrected chi connectivity index (χ1v) is 5.56. The van der Waals surface area contributed by atoms with Crippen molar-refractivity contribution < 1.29 is 9.15 Å². The molecule has 0 bridgehead atoms. The highest BCUT2D eigenvalue weighted by Crippen LogP contribution is 2.30. The molecule has 1 aromatic carbocycles. The number of nitrogens with zero attached hydrogens (tertiary/aromatic N) is 1. The van der Waals surface area contributed by atoms with Gasteiger partial charge in [0.05, 0.1) is 12.8 Å². The monoisotopic (exact) mass is 232 g/mol. The van der Waals surface area contributed by atoms with Crippen LogP contribution in [-0.2, 0) is 6.42 Å². The van der Waals surface area contributed by atoms with Gasteiger partial charge in [0.15, 0.2) is 5.76 Å². The van der Waals surface area contributed by atoms with Crippen LogP contribution in [0.5, 0.6) is 5.75 Å². The molecule has 2 aromatic rings. The van der Waals surface area contributed by atoms with E-state index in [0.29, 0.717) is 0 Å². The summed E-state index contributed by atoms with van der Waals surface area (Å²) in [7, 11) is 1.67. The van der Waals surface area contributed by atoms with Gasteiger partial charge in [-0.3, -0.25) is 0 Å². The van der Waals surface area contributed by atoms with Crippen LogP contribution in [0.2, 0.25) is 0 Å². The van der Waals surface area contributed by atoms with Crippen molar-refractivity contribution in [3.8, 4) is 17.1 Å². The summed E-state index contributed by atoms with van der Waals surface area (Å²) in [6.07, 6.45) is 0.902. The summed E-state index contributed by atoms with van der Waals surface area (Å²) in [6.45, 7) is 3.97. The van der Waals surface area contributed by atoms with E-state index in [4.69, 9.17) is 14.9 Å². The van der Waals surface area contributed by atoms with E-state index in [2.05, 4.69) is 11.9 Å². The second kappa shape index (κ2) is 4.49. The first-order chi connectivity index (χ1) is 8.15. The molecule has 0 aliphatic rings. The fraction of sp³-hybridized carbons (Fsp3) is 0.308. The van der Waals surface area contributed by atoms with E-state index in [1.54, 1.807) is 7.11 Å². The molecule has 0 aliphatic carbocycles. The summed E-state index contributed by atoms with van der Waals surface area (Å²) >= 11 is 0. The average Bonchev–Trinajstić information content (AvgIpc) is 2.67. The zero-order valence-corrected chi connectivity index (χ0v) is 10.3. The smallest absolute Gasteiger partial charge is 0.292 e. The maximum atomic E-state index is 5.54. The largest absolute Gasteiger partial charge is 0.496 e. The van der Waals surface area contributed by atoms with E-state index in [-0.39, 0.29) is 6.01 Å². The Kier molecular flexibility index (Phi) is 3.04. The molecule has 17 heavy (non-hydrogen) atoms. The van der Waals surface area contributed by atoms with Gasteiger partial charge >= 0.3 is 0 Å². The van der Waals surface area contributed by atoms with Crippen LogP contribution >= 0.6 is 0 Å². The van der Waals surface area contributed by atoms with Crippen molar-refractivity contribution in [3.63, 3.8) is 0 Å².